The molecule has 20 heavy (non-hydrogen) atoms. The lowest BCUT2D eigenvalue weighted by atomic mass is 10.2. The molecule has 0 radical (unpaired) electrons. The summed E-state index contributed by atoms with van der Waals surface area (Å²) in [6, 6.07) is 4.79. The van der Waals surface area contributed by atoms with Crippen LogP contribution in [0.2, 0.25) is 0 Å². The lowest BCUT2D eigenvalue weighted by molar-refractivity contribution is -0.123. The molecule has 1 unspecified atom stereocenters. The summed E-state index contributed by atoms with van der Waals surface area (Å²) in [6.45, 7) is 3.76. The highest BCUT2D eigenvalue weighted by molar-refractivity contribution is 5.95. The number of nitrogen functional groups attached to an aromatic ring is 1. The maximum absolute atomic E-state index is 11.6. The summed E-state index contributed by atoms with van der Waals surface area (Å²) < 4.78 is 5.36. The highest BCUT2D eigenvalue weighted by atomic mass is 16.5. The molecule has 110 valence electrons. The smallest absolute Gasteiger partial charge is 0.258 e. The summed E-state index contributed by atoms with van der Waals surface area (Å²) in [5, 5.41) is 5.30. The Morgan fingerprint density at radius 3 is 2.70 bits per heavy atom. The topological polar surface area (TPSA) is 93.4 Å². The molecule has 0 aliphatic heterocycles. The van der Waals surface area contributed by atoms with Gasteiger partial charge in [0.05, 0.1) is 5.69 Å². The number of ether oxygens (including phenoxy) is 1. The van der Waals surface area contributed by atoms with Gasteiger partial charge in [0.2, 0.25) is 0 Å². The number of hydrogen-bond donors (Lipinski definition) is 3. The van der Waals surface area contributed by atoms with Crippen LogP contribution in [-0.4, -0.2) is 31.5 Å². The number of hydrogen-bond acceptors (Lipinski definition) is 4. The second-order valence-electron chi connectivity index (χ2n) is 4.50. The zero-order valence-corrected chi connectivity index (χ0v) is 12.0. The van der Waals surface area contributed by atoms with E-state index in [9.17, 15) is 9.59 Å². The monoisotopic (exact) mass is 279 g/mol. The molecule has 0 aliphatic rings. The zero-order chi connectivity index (χ0) is 15.1. The fraction of sp³-hybridized carbons (Fsp3) is 0.429. The second-order valence-corrected chi connectivity index (χ2v) is 4.50. The van der Waals surface area contributed by atoms with E-state index in [1.807, 2.05) is 13.8 Å². The summed E-state index contributed by atoms with van der Waals surface area (Å²) in [4.78, 5) is 23.1. The van der Waals surface area contributed by atoms with Gasteiger partial charge in [-0.3, -0.25) is 9.59 Å². The van der Waals surface area contributed by atoms with Crippen molar-refractivity contribution in [3.8, 4) is 5.75 Å². The number of nitrogens with one attached hydrogen (secondary N) is 2. The van der Waals surface area contributed by atoms with Crippen molar-refractivity contribution in [2.24, 2.45) is 0 Å². The summed E-state index contributed by atoms with van der Waals surface area (Å²) in [7, 11) is 1.54. The van der Waals surface area contributed by atoms with Gasteiger partial charge in [0.1, 0.15) is 5.75 Å². The van der Waals surface area contributed by atoms with E-state index in [-0.39, 0.29) is 24.5 Å². The first-order valence-corrected chi connectivity index (χ1v) is 6.51. The highest BCUT2D eigenvalue weighted by Gasteiger charge is 2.10. The normalized spacial score (nSPS) is 11.6. The average molecular weight is 279 g/mol. The van der Waals surface area contributed by atoms with Gasteiger partial charge >= 0.3 is 0 Å². The SMILES string of the molecule is CCC(C)NC(=O)COc1cc(C(=O)NC)ccc1N. The first-order valence-electron chi connectivity index (χ1n) is 6.51. The molecule has 0 fully saturated rings. The standard InChI is InChI=1S/C14H21N3O3/c1-4-9(2)17-13(18)8-20-12-7-10(14(19)16-3)5-6-11(12)15/h5-7,9H,4,8,15H2,1-3H3,(H,16,19)(H,17,18). The van der Waals surface area contributed by atoms with Crippen LogP contribution in [0.1, 0.15) is 30.6 Å². The van der Waals surface area contributed by atoms with E-state index >= 15 is 0 Å². The quantitative estimate of drug-likeness (QED) is 0.675. The number of rotatable bonds is 6. The van der Waals surface area contributed by atoms with Gasteiger partial charge in [-0.05, 0) is 31.5 Å². The minimum atomic E-state index is -0.237. The van der Waals surface area contributed by atoms with Crippen LogP contribution in [0.4, 0.5) is 5.69 Å². The fourth-order valence-electron chi connectivity index (χ4n) is 1.51. The van der Waals surface area contributed by atoms with E-state index in [4.69, 9.17) is 10.5 Å². The van der Waals surface area contributed by atoms with E-state index in [0.717, 1.165) is 6.42 Å². The summed E-state index contributed by atoms with van der Waals surface area (Å²) in [6.07, 6.45) is 0.847. The average Bonchev–Trinajstić information content (AvgIpc) is 2.45. The molecule has 0 heterocycles. The Hall–Kier alpha value is -2.24. The van der Waals surface area contributed by atoms with E-state index in [0.29, 0.717) is 17.0 Å². The van der Waals surface area contributed by atoms with Crippen LogP contribution < -0.4 is 21.1 Å². The van der Waals surface area contributed by atoms with Gasteiger partial charge in [-0.1, -0.05) is 6.92 Å². The summed E-state index contributed by atoms with van der Waals surface area (Å²) in [5.41, 5.74) is 6.57. The van der Waals surface area contributed by atoms with Crippen molar-refractivity contribution < 1.29 is 14.3 Å². The van der Waals surface area contributed by atoms with Gasteiger partial charge in [0.15, 0.2) is 6.61 Å². The van der Waals surface area contributed by atoms with Crippen LogP contribution in [0.15, 0.2) is 18.2 Å². The Morgan fingerprint density at radius 2 is 2.10 bits per heavy atom. The second kappa shape index (κ2) is 7.37. The molecule has 0 aliphatic carbocycles. The molecule has 1 atom stereocenters. The van der Waals surface area contributed by atoms with Gasteiger partial charge in [0.25, 0.3) is 11.8 Å². The predicted molar refractivity (Wildman–Crippen MR) is 77.6 cm³/mol. The highest BCUT2D eigenvalue weighted by Crippen LogP contribution is 2.22. The molecular formula is C14H21N3O3. The van der Waals surface area contributed by atoms with Crippen LogP contribution in [0.25, 0.3) is 0 Å². The lowest BCUT2D eigenvalue weighted by Gasteiger charge is -2.13. The first-order chi connectivity index (χ1) is 9.47. The third kappa shape index (κ3) is 4.46. The third-order valence-electron chi connectivity index (χ3n) is 2.88. The van der Waals surface area contributed by atoms with Crippen molar-refractivity contribution in [2.45, 2.75) is 26.3 Å². The van der Waals surface area contributed by atoms with Crippen LogP contribution in [0.5, 0.6) is 5.75 Å². The Kier molecular flexibility index (Phi) is 5.83. The zero-order valence-electron chi connectivity index (χ0n) is 12.0. The van der Waals surface area contributed by atoms with Gasteiger partial charge in [-0.15, -0.1) is 0 Å². The predicted octanol–water partition coefficient (Wildman–Crippen LogP) is 0.922. The van der Waals surface area contributed by atoms with Gasteiger partial charge in [-0.2, -0.15) is 0 Å². The minimum Gasteiger partial charge on any atom is -0.482 e. The number of carbonyl (C=O) groups is 2. The summed E-state index contributed by atoms with van der Waals surface area (Å²) in [5.74, 6) is -0.131. The van der Waals surface area contributed by atoms with Gasteiger partial charge in [-0.25, -0.2) is 0 Å². The minimum absolute atomic E-state index is 0.0978. The fourth-order valence-corrected chi connectivity index (χ4v) is 1.51. The van der Waals surface area contributed by atoms with Gasteiger partial charge in [0, 0.05) is 18.7 Å². The molecule has 0 saturated heterocycles. The molecule has 2 amide bonds. The molecule has 1 aromatic carbocycles. The summed E-state index contributed by atoms with van der Waals surface area (Å²) >= 11 is 0. The molecule has 1 aromatic rings. The van der Waals surface area contributed by atoms with Crippen molar-refractivity contribution in [1.82, 2.24) is 10.6 Å². The van der Waals surface area contributed by atoms with Crippen LogP contribution in [0, 0.1) is 0 Å². The lowest BCUT2D eigenvalue weighted by Crippen LogP contribution is -2.35. The molecule has 0 spiro atoms. The number of anilines is 1. The van der Waals surface area contributed by atoms with E-state index < -0.39 is 0 Å². The number of nitrogens with two attached hydrogens (primary N) is 1. The Labute approximate surface area is 118 Å². The third-order valence-corrected chi connectivity index (χ3v) is 2.88. The maximum Gasteiger partial charge on any atom is 0.258 e. The van der Waals surface area contributed by atoms with Crippen LogP contribution in [-0.2, 0) is 4.79 Å². The number of amides is 2. The van der Waals surface area contributed by atoms with Crippen molar-refractivity contribution in [1.29, 1.82) is 0 Å². The Bertz CT molecular complexity index is 489. The molecule has 0 aromatic heterocycles. The number of carbonyl (C=O) groups excluding carboxylic acids is 2. The first kappa shape index (κ1) is 15.8. The maximum atomic E-state index is 11.6. The van der Waals surface area contributed by atoms with Crippen LogP contribution >= 0.6 is 0 Å². The molecule has 0 saturated carbocycles. The van der Waals surface area contributed by atoms with Crippen molar-refractivity contribution in [3.63, 3.8) is 0 Å². The largest absolute Gasteiger partial charge is 0.482 e. The van der Waals surface area contributed by atoms with Crippen LogP contribution in [0.3, 0.4) is 0 Å². The van der Waals surface area contributed by atoms with Crippen molar-refractivity contribution in [2.75, 3.05) is 19.4 Å². The molecule has 6 nitrogen and oxygen atoms in total. The Balaban J connectivity index is 2.67. The molecule has 1 rings (SSSR count). The van der Waals surface area contributed by atoms with Gasteiger partial charge < -0.3 is 21.1 Å². The van der Waals surface area contributed by atoms with Crippen molar-refractivity contribution >= 4 is 17.5 Å². The Morgan fingerprint density at radius 1 is 1.40 bits per heavy atom. The van der Waals surface area contributed by atoms with E-state index in [1.165, 1.54) is 6.07 Å². The number of benzene rings is 1. The van der Waals surface area contributed by atoms with E-state index in [1.54, 1.807) is 19.2 Å². The van der Waals surface area contributed by atoms with E-state index in [2.05, 4.69) is 10.6 Å². The molecule has 6 heteroatoms. The molecular weight excluding hydrogens is 258 g/mol. The van der Waals surface area contributed by atoms with Crippen molar-refractivity contribution in [3.05, 3.63) is 23.8 Å². The molecule has 0 bridgehead atoms. The molecule has 4 N–H and O–H groups in total.